The van der Waals surface area contributed by atoms with E-state index >= 15 is 0 Å². The zero-order valence-corrected chi connectivity index (χ0v) is 9.17. The molecule has 1 aromatic carbocycles. The number of aryl methyl sites for hydroxylation is 1. The topological polar surface area (TPSA) is 12.0 Å². The van der Waals surface area contributed by atoms with Crippen molar-refractivity contribution in [3.63, 3.8) is 0 Å². The van der Waals surface area contributed by atoms with Crippen LogP contribution in [-0.2, 0) is 6.42 Å². The Labute approximate surface area is 90.7 Å². The van der Waals surface area contributed by atoms with Crippen LogP contribution in [0.15, 0.2) is 24.3 Å². The molecule has 1 N–H and O–H groups in total. The molecule has 1 aromatic rings. The van der Waals surface area contributed by atoms with Gasteiger partial charge in [0.25, 0.3) is 0 Å². The third kappa shape index (κ3) is 2.20. The molecular formula is C13H18FN. The molecule has 0 amide bonds. The molecule has 0 bridgehead atoms. The van der Waals surface area contributed by atoms with Gasteiger partial charge in [-0.3, -0.25) is 4.39 Å². The standard InChI is InChI=1S/C13H18FN/c1-2-10-3-5-11(6-4-10)13-9-15-8-12(13)7-14/h3-6,12-13,15H,2,7-9H2,1H3/t12-,13+/m0/s1. The summed E-state index contributed by atoms with van der Waals surface area (Å²) in [5, 5.41) is 3.26. The van der Waals surface area contributed by atoms with Gasteiger partial charge in [0.1, 0.15) is 0 Å². The van der Waals surface area contributed by atoms with Crippen molar-refractivity contribution in [3.05, 3.63) is 35.4 Å². The Morgan fingerprint density at radius 3 is 2.60 bits per heavy atom. The van der Waals surface area contributed by atoms with Gasteiger partial charge >= 0.3 is 0 Å². The van der Waals surface area contributed by atoms with Crippen LogP contribution < -0.4 is 5.32 Å². The molecule has 1 aliphatic heterocycles. The van der Waals surface area contributed by atoms with Crippen LogP contribution in [0.1, 0.15) is 24.0 Å². The van der Waals surface area contributed by atoms with Gasteiger partial charge in [-0.05, 0) is 17.5 Å². The minimum atomic E-state index is -0.215. The number of hydrogen-bond acceptors (Lipinski definition) is 1. The number of rotatable bonds is 3. The molecule has 2 rings (SSSR count). The fraction of sp³-hybridized carbons (Fsp3) is 0.538. The quantitative estimate of drug-likeness (QED) is 0.803. The van der Waals surface area contributed by atoms with Crippen LogP contribution in [0.5, 0.6) is 0 Å². The van der Waals surface area contributed by atoms with Gasteiger partial charge in [0.2, 0.25) is 0 Å². The molecule has 1 aliphatic rings. The van der Waals surface area contributed by atoms with Gasteiger partial charge in [-0.1, -0.05) is 31.2 Å². The van der Waals surface area contributed by atoms with E-state index in [0.717, 1.165) is 19.5 Å². The van der Waals surface area contributed by atoms with Crippen LogP contribution in [-0.4, -0.2) is 19.8 Å². The van der Waals surface area contributed by atoms with E-state index in [1.165, 1.54) is 11.1 Å². The molecule has 1 saturated heterocycles. The van der Waals surface area contributed by atoms with Crippen LogP contribution in [0, 0.1) is 5.92 Å². The smallest absolute Gasteiger partial charge is 0.0941 e. The molecule has 0 spiro atoms. The Morgan fingerprint density at radius 1 is 1.27 bits per heavy atom. The van der Waals surface area contributed by atoms with Crippen LogP contribution >= 0.6 is 0 Å². The molecule has 1 heterocycles. The molecule has 0 radical (unpaired) electrons. The first-order valence-corrected chi connectivity index (χ1v) is 5.70. The molecule has 15 heavy (non-hydrogen) atoms. The summed E-state index contributed by atoms with van der Waals surface area (Å²) in [6.07, 6.45) is 1.07. The number of nitrogens with one attached hydrogen (secondary N) is 1. The maximum Gasteiger partial charge on any atom is 0.0941 e. The number of alkyl halides is 1. The highest BCUT2D eigenvalue weighted by molar-refractivity contribution is 5.27. The average Bonchev–Trinajstić information content (AvgIpc) is 2.77. The maximum atomic E-state index is 12.7. The van der Waals surface area contributed by atoms with Crippen molar-refractivity contribution in [2.24, 2.45) is 5.92 Å². The molecule has 0 aliphatic carbocycles. The first kappa shape index (κ1) is 10.6. The lowest BCUT2D eigenvalue weighted by Crippen LogP contribution is -2.12. The summed E-state index contributed by atoms with van der Waals surface area (Å²) >= 11 is 0. The second kappa shape index (κ2) is 4.75. The summed E-state index contributed by atoms with van der Waals surface area (Å²) < 4.78 is 12.7. The van der Waals surface area contributed by atoms with Crippen molar-refractivity contribution in [2.75, 3.05) is 19.8 Å². The first-order valence-electron chi connectivity index (χ1n) is 5.70. The SMILES string of the molecule is CCc1ccc([C@H]2CNC[C@@H]2CF)cc1. The van der Waals surface area contributed by atoms with E-state index in [-0.39, 0.29) is 12.6 Å². The molecule has 1 fully saturated rings. The molecular weight excluding hydrogens is 189 g/mol. The van der Waals surface area contributed by atoms with Crippen LogP contribution in [0.25, 0.3) is 0 Å². The highest BCUT2D eigenvalue weighted by Crippen LogP contribution is 2.28. The normalized spacial score (nSPS) is 25.7. The summed E-state index contributed by atoms with van der Waals surface area (Å²) in [4.78, 5) is 0. The van der Waals surface area contributed by atoms with Crippen molar-refractivity contribution in [1.82, 2.24) is 5.32 Å². The largest absolute Gasteiger partial charge is 0.316 e. The van der Waals surface area contributed by atoms with E-state index in [4.69, 9.17) is 0 Å². The van der Waals surface area contributed by atoms with Crippen molar-refractivity contribution in [2.45, 2.75) is 19.3 Å². The summed E-state index contributed by atoms with van der Waals surface area (Å²) in [5.41, 5.74) is 2.63. The fourth-order valence-corrected chi connectivity index (χ4v) is 2.29. The van der Waals surface area contributed by atoms with Gasteiger partial charge in [-0.15, -0.1) is 0 Å². The summed E-state index contributed by atoms with van der Waals surface area (Å²) in [5.74, 6) is 0.526. The molecule has 2 atom stereocenters. The lowest BCUT2D eigenvalue weighted by molar-refractivity contribution is 0.358. The Hall–Kier alpha value is -0.890. The summed E-state index contributed by atoms with van der Waals surface area (Å²) in [7, 11) is 0. The molecule has 0 aromatic heterocycles. The fourth-order valence-electron chi connectivity index (χ4n) is 2.29. The Kier molecular flexibility index (Phi) is 3.37. The Balaban J connectivity index is 2.14. The van der Waals surface area contributed by atoms with E-state index in [1.54, 1.807) is 0 Å². The van der Waals surface area contributed by atoms with E-state index < -0.39 is 0 Å². The van der Waals surface area contributed by atoms with E-state index in [1.807, 2.05) is 0 Å². The van der Waals surface area contributed by atoms with E-state index in [0.29, 0.717) is 5.92 Å². The number of halogens is 1. The zero-order valence-electron chi connectivity index (χ0n) is 9.17. The van der Waals surface area contributed by atoms with Crippen LogP contribution in [0.3, 0.4) is 0 Å². The number of benzene rings is 1. The van der Waals surface area contributed by atoms with Crippen LogP contribution in [0.2, 0.25) is 0 Å². The van der Waals surface area contributed by atoms with Crippen molar-refractivity contribution >= 4 is 0 Å². The minimum absolute atomic E-state index is 0.164. The third-order valence-electron chi connectivity index (χ3n) is 3.35. The Bertz CT molecular complexity index is 307. The highest BCUT2D eigenvalue weighted by atomic mass is 19.1. The lowest BCUT2D eigenvalue weighted by atomic mass is 9.89. The van der Waals surface area contributed by atoms with Crippen LogP contribution in [0.4, 0.5) is 4.39 Å². The van der Waals surface area contributed by atoms with Gasteiger partial charge < -0.3 is 5.32 Å². The van der Waals surface area contributed by atoms with Gasteiger partial charge in [-0.2, -0.15) is 0 Å². The monoisotopic (exact) mass is 207 g/mol. The van der Waals surface area contributed by atoms with Gasteiger partial charge in [-0.25, -0.2) is 0 Å². The summed E-state index contributed by atoms with van der Waals surface area (Å²) in [6.45, 7) is 3.67. The molecule has 2 heteroatoms. The number of hydrogen-bond donors (Lipinski definition) is 1. The zero-order chi connectivity index (χ0) is 10.7. The lowest BCUT2D eigenvalue weighted by Gasteiger charge is -2.15. The van der Waals surface area contributed by atoms with Crippen molar-refractivity contribution in [1.29, 1.82) is 0 Å². The van der Waals surface area contributed by atoms with E-state index in [2.05, 4.69) is 36.5 Å². The Morgan fingerprint density at radius 2 is 2.00 bits per heavy atom. The minimum Gasteiger partial charge on any atom is -0.316 e. The summed E-state index contributed by atoms with van der Waals surface area (Å²) in [6, 6.07) is 8.62. The van der Waals surface area contributed by atoms with E-state index in [9.17, 15) is 4.39 Å². The van der Waals surface area contributed by atoms with Gasteiger partial charge in [0, 0.05) is 24.9 Å². The highest BCUT2D eigenvalue weighted by Gasteiger charge is 2.27. The predicted octanol–water partition coefficient (Wildman–Crippen LogP) is 2.52. The molecule has 0 saturated carbocycles. The van der Waals surface area contributed by atoms with Crippen molar-refractivity contribution < 1.29 is 4.39 Å². The van der Waals surface area contributed by atoms with Crippen molar-refractivity contribution in [3.8, 4) is 0 Å². The molecule has 1 nitrogen and oxygen atoms in total. The second-order valence-electron chi connectivity index (χ2n) is 4.27. The maximum absolute atomic E-state index is 12.7. The third-order valence-corrected chi connectivity index (χ3v) is 3.35. The second-order valence-corrected chi connectivity index (χ2v) is 4.27. The van der Waals surface area contributed by atoms with Gasteiger partial charge in [0.15, 0.2) is 0 Å². The first-order chi connectivity index (χ1) is 7.35. The molecule has 0 unspecified atom stereocenters. The predicted molar refractivity (Wildman–Crippen MR) is 60.9 cm³/mol. The van der Waals surface area contributed by atoms with Gasteiger partial charge in [0.05, 0.1) is 6.67 Å². The average molecular weight is 207 g/mol. The molecule has 82 valence electrons.